The van der Waals surface area contributed by atoms with Gasteiger partial charge in [-0.15, -0.1) is 0 Å². The van der Waals surface area contributed by atoms with Gasteiger partial charge in [0.2, 0.25) is 5.91 Å². The molecular formula is C21H21ClN2O3. The van der Waals surface area contributed by atoms with Crippen molar-refractivity contribution in [3.8, 4) is 11.5 Å². The number of ether oxygens (including phenoxy) is 2. The molecule has 1 amide bonds. The highest BCUT2D eigenvalue weighted by molar-refractivity contribution is 6.32. The first-order chi connectivity index (χ1) is 13.2. The van der Waals surface area contributed by atoms with Gasteiger partial charge < -0.3 is 19.8 Å². The maximum absolute atomic E-state index is 12.2. The summed E-state index contributed by atoms with van der Waals surface area (Å²) in [5.74, 6) is 1.14. The fourth-order valence-electron chi connectivity index (χ4n) is 3.36. The van der Waals surface area contributed by atoms with Gasteiger partial charge in [0, 0.05) is 23.6 Å². The standard InChI is InChI=1S/C21H21ClN2O3/c22-17-10-14(11-19-21(17)27-9-8-26-19)12-20(25)23-7-3-4-15-13-24-18-6-2-1-5-16(15)18/h1-2,5-6,10-11,13,24H,3-4,7-9,12H2,(H,23,25). The fourth-order valence-corrected chi connectivity index (χ4v) is 3.65. The predicted octanol–water partition coefficient (Wildman–Crippen LogP) is 3.88. The third-order valence-corrected chi connectivity index (χ3v) is 4.92. The lowest BCUT2D eigenvalue weighted by Crippen LogP contribution is -2.26. The van der Waals surface area contributed by atoms with E-state index in [0.717, 1.165) is 23.9 Å². The number of benzene rings is 2. The van der Waals surface area contributed by atoms with Crippen molar-refractivity contribution in [3.05, 3.63) is 58.7 Å². The van der Waals surface area contributed by atoms with Crippen LogP contribution >= 0.6 is 11.6 Å². The van der Waals surface area contributed by atoms with E-state index < -0.39 is 0 Å². The Morgan fingerprint density at radius 3 is 2.96 bits per heavy atom. The Morgan fingerprint density at radius 1 is 1.19 bits per heavy atom. The fraction of sp³-hybridized carbons (Fsp3) is 0.286. The average molecular weight is 385 g/mol. The molecule has 1 aliphatic rings. The Hall–Kier alpha value is -2.66. The van der Waals surface area contributed by atoms with Gasteiger partial charge >= 0.3 is 0 Å². The Labute approximate surface area is 162 Å². The second-order valence-electron chi connectivity index (χ2n) is 6.59. The number of aryl methyl sites for hydroxylation is 1. The van der Waals surface area contributed by atoms with Gasteiger partial charge in [0.05, 0.1) is 11.4 Å². The molecule has 27 heavy (non-hydrogen) atoms. The monoisotopic (exact) mass is 384 g/mol. The summed E-state index contributed by atoms with van der Waals surface area (Å²) in [6.45, 7) is 1.62. The summed E-state index contributed by atoms with van der Waals surface area (Å²) in [5.41, 5.74) is 3.24. The maximum atomic E-state index is 12.2. The van der Waals surface area contributed by atoms with Crippen molar-refractivity contribution >= 4 is 28.4 Å². The van der Waals surface area contributed by atoms with Gasteiger partial charge in [0.1, 0.15) is 13.2 Å². The van der Waals surface area contributed by atoms with E-state index in [1.54, 1.807) is 6.07 Å². The second kappa shape index (κ2) is 7.92. The number of rotatable bonds is 6. The third-order valence-electron chi connectivity index (χ3n) is 4.64. The summed E-state index contributed by atoms with van der Waals surface area (Å²) in [4.78, 5) is 15.5. The minimum Gasteiger partial charge on any atom is -0.486 e. The van der Waals surface area contributed by atoms with Crippen LogP contribution in [0.15, 0.2) is 42.6 Å². The molecule has 0 unspecified atom stereocenters. The van der Waals surface area contributed by atoms with Crippen molar-refractivity contribution in [2.24, 2.45) is 0 Å². The van der Waals surface area contributed by atoms with Gasteiger partial charge in [-0.25, -0.2) is 0 Å². The van der Waals surface area contributed by atoms with Crippen LogP contribution in [0, 0.1) is 0 Å². The number of aromatic nitrogens is 1. The van der Waals surface area contributed by atoms with Crippen LogP contribution in [-0.4, -0.2) is 30.6 Å². The minimum absolute atomic E-state index is 0.0262. The number of aromatic amines is 1. The molecule has 1 aliphatic heterocycles. The molecule has 2 heterocycles. The first-order valence-electron chi connectivity index (χ1n) is 9.10. The van der Waals surface area contributed by atoms with Gasteiger partial charge in [0.25, 0.3) is 0 Å². The molecule has 4 rings (SSSR count). The van der Waals surface area contributed by atoms with E-state index in [1.807, 2.05) is 24.4 Å². The Kier molecular flexibility index (Phi) is 5.21. The van der Waals surface area contributed by atoms with Crippen LogP contribution in [-0.2, 0) is 17.6 Å². The third kappa shape index (κ3) is 4.03. The normalized spacial score (nSPS) is 12.9. The quantitative estimate of drug-likeness (QED) is 0.634. The zero-order valence-corrected chi connectivity index (χ0v) is 15.6. The summed E-state index contributed by atoms with van der Waals surface area (Å²) in [6.07, 6.45) is 4.11. The number of carbonyl (C=O) groups excluding carboxylic acids is 1. The largest absolute Gasteiger partial charge is 0.486 e. The van der Waals surface area contributed by atoms with Gasteiger partial charge in [-0.1, -0.05) is 29.8 Å². The molecule has 140 valence electrons. The van der Waals surface area contributed by atoms with Crippen molar-refractivity contribution in [1.82, 2.24) is 10.3 Å². The van der Waals surface area contributed by atoms with Gasteiger partial charge in [-0.05, 0) is 42.2 Å². The highest BCUT2D eigenvalue weighted by atomic mass is 35.5. The Bertz CT molecular complexity index is 967. The number of halogens is 1. The molecule has 0 saturated carbocycles. The van der Waals surface area contributed by atoms with Crippen molar-refractivity contribution in [1.29, 1.82) is 0 Å². The van der Waals surface area contributed by atoms with Crippen LogP contribution in [0.25, 0.3) is 10.9 Å². The topological polar surface area (TPSA) is 63.4 Å². The summed E-state index contributed by atoms with van der Waals surface area (Å²) >= 11 is 6.22. The molecule has 0 bridgehead atoms. The highest BCUT2D eigenvalue weighted by Crippen LogP contribution is 2.38. The molecule has 0 atom stereocenters. The van der Waals surface area contributed by atoms with Crippen LogP contribution in [0.4, 0.5) is 0 Å². The van der Waals surface area contributed by atoms with Crippen molar-refractivity contribution < 1.29 is 14.3 Å². The SMILES string of the molecule is O=C(Cc1cc(Cl)c2c(c1)OCCO2)NCCCc1c[nH]c2ccccc12. The van der Waals surface area contributed by atoms with E-state index in [9.17, 15) is 4.79 Å². The van der Waals surface area contributed by atoms with E-state index >= 15 is 0 Å². The Balaban J connectivity index is 1.28. The van der Waals surface area contributed by atoms with Gasteiger partial charge in [0.15, 0.2) is 11.5 Å². The lowest BCUT2D eigenvalue weighted by Gasteiger charge is -2.20. The van der Waals surface area contributed by atoms with Crippen LogP contribution in [0.5, 0.6) is 11.5 Å². The number of nitrogens with one attached hydrogen (secondary N) is 2. The molecule has 2 aromatic carbocycles. The van der Waals surface area contributed by atoms with Crippen LogP contribution < -0.4 is 14.8 Å². The number of para-hydroxylation sites is 1. The number of amides is 1. The summed E-state index contributed by atoms with van der Waals surface area (Å²) in [7, 11) is 0. The maximum Gasteiger partial charge on any atom is 0.224 e. The summed E-state index contributed by atoms with van der Waals surface area (Å²) in [6, 6.07) is 11.8. The molecule has 0 saturated heterocycles. The zero-order chi connectivity index (χ0) is 18.6. The highest BCUT2D eigenvalue weighted by Gasteiger charge is 2.17. The number of fused-ring (bicyclic) bond motifs is 2. The molecule has 5 nitrogen and oxygen atoms in total. The van der Waals surface area contributed by atoms with Crippen molar-refractivity contribution in [3.63, 3.8) is 0 Å². The molecule has 0 fully saturated rings. The molecule has 0 spiro atoms. The van der Waals surface area contributed by atoms with Crippen LogP contribution in [0.1, 0.15) is 17.5 Å². The lowest BCUT2D eigenvalue weighted by molar-refractivity contribution is -0.120. The number of H-pyrrole nitrogens is 1. The molecule has 0 radical (unpaired) electrons. The molecule has 2 N–H and O–H groups in total. The van der Waals surface area contributed by atoms with Gasteiger partial charge in [-0.3, -0.25) is 4.79 Å². The van der Waals surface area contributed by atoms with E-state index in [0.29, 0.717) is 36.3 Å². The lowest BCUT2D eigenvalue weighted by atomic mass is 10.1. The Morgan fingerprint density at radius 2 is 2.04 bits per heavy atom. The number of hydrogen-bond donors (Lipinski definition) is 2. The molecule has 1 aromatic heterocycles. The molecular weight excluding hydrogens is 364 g/mol. The second-order valence-corrected chi connectivity index (χ2v) is 7.00. The van der Waals surface area contributed by atoms with Crippen LogP contribution in [0.3, 0.4) is 0 Å². The van der Waals surface area contributed by atoms with Crippen LogP contribution in [0.2, 0.25) is 5.02 Å². The zero-order valence-electron chi connectivity index (χ0n) is 14.9. The van der Waals surface area contributed by atoms with E-state index in [2.05, 4.69) is 22.4 Å². The summed E-state index contributed by atoms with van der Waals surface area (Å²) < 4.78 is 11.1. The first-order valence-corrected chi connectivity index (χ1v) is 9.48. The van der Waals surface area contributed by atoms with E-state index in [4.69, 9.17) is 21.1 Å². The summed E-state index contributed by atoms with van der Waals surface area (Å²) in [5, 5.41) is 4.70. The number of hydrogen-bond acceptors (Lipinski definition) is 3. The average Bonchev–Trinajstić information content (AvgIpc) is 3.08. The van der Waals surface area contributed by atoms with Crippen molar-refractivity contribution in [2.75, 3.05) is 19.8 Å². The number of carbonyl (C=O) groups is 1. The molecule has 3 aromatic rings. The van der Waals surface area contributed by atoms with E-state index in [-0.39, 0.29) is 12.3 Å². The molecule has 0 aliphatic carbocycles. The minimum atomic E-state index is -0.0262. The van der Waals surface area contributed by atoms with E-state index in [1.165, 1.54) is 10.9 Å². The predicted molar refractivity (Wildman–Crippen MR) is 106 cm³/mol. The molecule has 6 heteroatoms. The van der Waals surface area contributed by atoms with Crippen molar-refractivity contribution in [2.45, 2.75) is 19.3 Å². The smallest absolute Gasteiger partial charge is 0.224 e. The first kappa shape index (κ1) is 17.7. The van der Waals surface area contributed by atoms with Gasteiger partial charge in [-0.2, -0.15) is 0 Å².